The second-order valence-corrected chi connectivity index (χ2v) is 14.4. The molecule has 0 bridgehead atoms. The molecule has 1 aliphatic rings. The van der Waals surface area contributed by atoms with Gasteiger partial charge in [0.1, 0.15) is 11.2 Å². The van der Waals surface area contributed by atoms with Gasteiger partial charge >= 0.3 is 0 Å². The first-order valence-corrected chi connectivity index (χ1v) is 18.2. The molecule has 0 saturated heterocycles. The van der Waals surface area contributed by atoms with Crippen molar-refractivity contribution in [3.63, 3.8) is 0 Å². The summed E-state index contributed by atoms with van der Waals surface area (Å²) in [5.74, 6) is 0. The fraction of sp³-hybridized carbons (Fsp3) is 0.0600. The Morgan fingerprint density at radius 3 is 1.74 bits per heavy atom. The maximum absolute atomic E-state index is 6.72. The van der Waals surface area contributed by atoms with Crippen LogP contribution in [0.2, 0.25) is 0 Å². The third kappa shape index (κ3) is 5.16. The Balaban J connectivity index is 1.15. The largest absolute Gasteiger partial charge is 0.456 e. The highest BCUT2D eigenvalue weighted by Gasteiger charge is 2.37. The monoisotopic (exact) mass is 680 g/mol. The van der Waals surface area contributed by atoms with Gasteiger partial charge in [-0.05, 0) is 99.1 Å². The molecular formula is C50H36N2O. The number of anilines is 3. The Hall–Kier alpha value is -6.71. The first-order valence-electron chi connectivity index (χ1n) is 18.2. The van der Waals surface area contributed by atoms with Crippen LogP contribution < -0.4 is 4.90 Å². The molecule has 0 N–H and O–H groups in total. The third-order valence-corrected chi connectivity index (χ3v) is 10.9. The molecule has 2 aromatic heterocycles. The maximum atomic E-state index is 6.72. The minimum atomic E-state index is -0.137. The fourth-order valence-corrected chi connectivity index (χ4v) is 8.21. The van der Waals surface area contributed by atoms with E-state index in [0.29, 0.717) is 0 Å². The number of aromatic nitrogens is 1. The van der Waals surface area contributed by atoms with Crippen molar-refractivity contribution in [2.45, 2.75) is 19.3 Å². The van der Waals surface area contributed by atoms with Gasteiger partial charge < -0.3 is 9.32 Å². The molecule has 7 aromatic carbocycles. The van der Waals surface area contributed by atoms with Crippen LogP contribution in [-0.2, 0) is 5.41 Å². The van der Waals surface area contributed by atoms with Crippen LogP contribution >= 0.6 is 0 Å². The van der Waals surface area contributed by atoms with Gasteiger partial charge in [-0.1, -0.05) is 129 Å². The fourth-order valence-electron chi connectivity index (χ4n) is 8.21. The lowest BCUT2D eigenvalue weighted by Gasteiger charge is -2.27. The predicted molar refractivity (Wildman–Crippen MR) is 220 cm³/mol. The average Bonchev–Trinajstić information content (AvgIpc) is 3.69. The summed E-state index contributed by atoms with van der Waals surface area (Å²) < 4.78 is 6.72. The lowest BCUT2D eigenvalue weighted by Crippen LogP contribution is -2.14. The van der Waals surface area contributed by atoms with E-state index in [2.05, 4.69) is 189 Å². The van der Waals surface area contributed by atoms with Crippen molar-refractivity contribution in [2.24, 2.45) is 0 Å². The maximum Gasteiger partial charge on any atom is 0.137 e. The first kappa shape index (κ1) is 31.1. The number of pyridine rings is 1. The average molecular weight is 681 g/mol. The number of nitrogens with zero attached hydrogens (tertiary/aromatic N) is 2. The standard InChI is InChI=1S/C50H36N2O/c1-50(2)45-19-12-28-51-49(45)44-32-48-43(31-46(44)50)41-27-25-39(30-47(41)53-48)52(37-22-20-34(21-23-37)33-13-6-3-7-14-33)38-24-26-40(35-15-8-4-9-16-35)42(29-38)36-17-10-5-11-18-36/h3-32H,1-2H3. The molecule has 0 radical (unpaired) electrons. The number of fused-ring (bicyclic) bond motifs is 6. The molecule has 0 atom stereocenters. The van der Waals surface area contributed by atoms with Gasteiger partial charge in [-0.15, -0.1) is 0 Å². The Bertz CT molecular complexity index is 2780. The first-order chi connectivity index (χ1) is 26.0. The van der Waals surface area contributed by atoms with Gasteiger partial charge in [0.2, 0.25) is 0 Å². The Morgan fingerprint density at radius 1 is 0.434 bits per heavy atom. The molecule has 0 unspecified atom stereocenters. The van der Waals surface area contributed by atoms with Gasteiger partial charge in [0.25, 0.3) is 0 Å². The minimum absolute atomic E-state index is 0.137. The zero-order valence-electron chi connectivity index (χ0n) is 29.6. The summed E-state index contributed by atoms with van der Waals surface area (Å²) in [5, 5.41) is 2.23. The van der Waals surface area contributed by atoms with Crippen LogP contribution in [0.25, 0.3) is 66.6 Å². The van der Waals surface area contributed by atoms with Crippen molar-refractivity contribution in [1.29, 1.82) is 0 Å². The summed E-state index contributed by atoms with van der Waals surface area (Å²) in [6.45, 7) is 4.58. The van der Waals surface area contributed by atoms with E-state index >= 15 is 0 Å². The molecule has 9 aromatic rings. The van der Waals surface area contributed by atoms with Crippen LogP contribution in [0.5, 0.6) is 0 Å². The third-order valence-electron chi connectivity index (χ3n) is 10.9. The van der Waals surface area contributed by atoms with E-state index in [-0.39, 0.29) is 5.41 Å². The highest BCUT2D eigenvalue weighted by molar-refractivity contribution is 6.08. The van der Waals surface area contributed by atoms with Crippen LogP contribution in [-0.4, -0.2) is 4.98 Å². The van der Waals surface area contributed by atoms with Gasteiger partial charge in [-0.3, -0.25) is 4.98 Å². The van der Waals surface area contributed by atoms with E-state index in [1.807, 2.05) is 12.3 Å². The van der Waals surface area contributed by atoms with Gasteiger partial charge in [0.15, 0.2) is 0 Å². The van der Waals surface area contributed by atoms with Crippen molar-refractivity contribution >= 4 is 39.0 Å². The Labute approximate surface area is 309 Å². The molecule has 0 amide bonds. The molecule has 1 aliphatic carbocycles. The summed E-state index contributed by atoms with van der Waals surface area (Å²) in [4.78, 5) is 7.13. The molecule has 0 spiro atoms. The molecule has 3 heteroatoms. The number of benzene rings is 7. The van der Waals surface area contributed by atoms with Gasteiger partial charge in [0.05, 0.1) is 5.69 Å². The van der Waals surface area contributed by atoms with E-state index in [4.69, 9.17) is 9.40 Å². The van der Waals surface area contributed by atoms with Crippen molar-refractivity contribution in [1.82, 2.24) is 4.98 Å². The van der Waals surface area contributed by atoms with Crippen LogP contribution in [0.15, 0.2) is 187 Å². The van der Waals surface area contributed by atoms with E-state index in [0.717, 1.165) is 50.3 Å². The van der Waals surface area contributed by atoms with Crippen molar-refractivity contribution in [3.05, 3.63) is 193 Å². The summed E-state index contributed by atoms with van der Waals surface area (Å²) in [5.41, 5.74) is 16.6. The van der Waals surface area contributed by atoms with Gasteiger partial charge in [-0.2, -0.15) is 0 Å². The lowest BCUT2D eigenvalue weighted by atomic mass is 9.82. The van der Waals surface area contributed by atoms with Crippen LogP contribution in [0.1, 0.15) is 25.0 Å². The Morgan fingerprint density at radius 2 is 1.02 bits per heavy atom. The summed E-state index contributed by atoms with van der Waals surface area (Å²) in [7, 11) is 0. The zero-order chi connectivity index (χ0) is 35.5. The van der Waals surface area contributed by atoms with Crippen molar-refractivity contribution < 1.29 is 4.42 Å². The van der Waals surface area contributed by atoms with Crippen LogP contribution in [0.4, 0.5) is 17.1 Å². The van der Waals surface area contributed by atoms with E-state index in [9.17, 15) is 0 Å². The molecule has 0 saturated carbocycles. The normalized spacial score (nSPS) is 12.9. The molecule has 10 rings (SSSR count). The van der Waals surface area contributed by atoms with E-state index in [1.165, 1.54) is 44.5 Å². The SMILES string of the molecule is CC1(C)c2cc3c(cc2-c2ncccc21)oc1cc(N(c2ccc(-c4ccccc4)cc2)c2ccc(-c4ccccc4)c(-c4ccccc4)c2)ccc13. The zero-order valence-corrected chi connectivity index (χ0v) is 29.6. The number of hydrogen-bond donors (Lipinski definition) is 0. The van der Waals surface area contributed by atoms with Crippen molar-refractivity contribution in [3.8, 4) is 44.6 Å². The highest BCUT2D eigenvalue weighted by atomic mass is 16.3. The predicted octanol–water partition coefficient (Wildman–Crippen LogP) is 13.8. The minimum Gasteiger partial charge on any atom is -0.456 e. The molecule has 0 aliphatic heterocycles. The summed E-state index contributed by atoms with van der Waals surface area (Å²) in [6, 6.07) is 62.9. The molecule has 53 heavy (non-hydrogen) atoms. The quantitative estimate of drug-likeness (QED) is 0.175. The molecule has 252 valence electrons. The van der Waals surface area contributed by atoms with Crippen LogP contribution in [0.3, 0.4) is 0 Å². The smallest absolute Gasteiger partial charge is 0.137 e. The molecular weight excluding hydrogens is 645 g/mol. The summed E-state index contributed by atoms with van der Waals surface area (Å²) in [6.07, 6.45) is 1.88. The molecule has 3 nitrogen and oxygen atoms in total. The second kappa shape index (κ2) is 12.2. The molecule has 2 heterocycles. The number of hydrogen-bond acceptors (Lipinski definition) is 3. The van der Waals surface area contributed by atoms with Gasteiger partial charge in [0, 0.05) is 51.1 Å². The Kier molecular flexibility index (Phi) is 7.16. The van der Waals surface area contributed by atoms with E-state index in [1.54, 1.807) is 0 Å². The second-order valence-electron chi connectivity index (χ2n) is 14.4. The van der Waals surface area contributed by atoms with Crippen molar-refractivity contribution in [2.75, 3.05) is 4.90 Å². The van der Waals surface area contributed by atoms with E-state index < -0.39 is 0 Å². The molecule has 0 fully saturated rings. The van der Waals surface area contributed by atoms with Gasteiger partial charge in [-0.25, -0.2) is 0 Å². The summed E-state index contributed by atoms with van der Waals surface area (Å²) >= 11 is 0. The number of furan rings is 1. The highest BCUT2D eigenvalue weighted by Crippen LogP contribution is 2.50. The van der Waals surface area contributed by atoms with Crippen LogP contribution in [0, 0.1) is 0 Å². The lowest BCUT2D eigenvalue weighted by molar-refractivity contribution is 0.657. The topological polar surface area (TPSA) is 29.3 Å². The number of rotatable bonds is 6.